The Labute approximate surface area is 163 Å². The molecule has 1 atom stereocenters. The summed E-state index contributed by atoms with van der Waals surface area (Å²) in [5.41, 5.74) is 1.47. The average Bonchev–Trinajstić information content (AvgIpc) is 2.73. The number of hydrogen-bond acceptors (Lipinski definition) is 5. The van der Waals surface area contributed by atoms with Crippen molar-refractivity contribution in [2.45, 2.75) is 13.0 Å². The number of amides is 1. The van der Waals surface area contributed by atoms with E-state index in [-0.39, 0.29) is 11.9 Å². The number of carbonyl (C=O) groups excluding carboxylic acids is 1. The highest BCUT2D eigenvalue weighted by Gasteiger charge is 2.29. The molecule has 1 unspecified atom stereocenters. The molecule has 1 fully saturated rings. The van der Waals surface area contributed by atoms with Crippen LogP contribution in [0.5, 0.6) is 11.5 Å². The summed E-state index contributed by atoms with van der Waals surface area (Å²) in [7, 11) is 0. The van der Waals surface area contributed by atoms with Gasteiger partial charge in [-0.2, -0.15) is 0 Å². The fourth-order valence-corrected chi connectivity index (χ4v) is 3.13. The number of benzene rings is 2. The van der Waals surface area contributed by atoms with Crippen molar-refractivity contribution in [3.63, 3.8) is 0 Å². The molecule has 7 nitrogen and oxygen atoms in total. The van der Waals surface area contributed by atoms with Crippen LogP contribution in [0.3, 0.4) is 0 Å². The molecule has 0 aromatic heterocycles. The second-order valence-electron chi connectivity index (χ2n) is 6.28. The zero-order valence-electron chi connectivity index (χ0n) is 15.7. The molecule has 1 aliphatic heterocycles. The molecule has 1 aliphatic rings. The highest BCUT2D eigenvalue weighted by atomic mass is 16.5. The smallest absolute Gasteiger partial charge is 0.341 e. The highest BCUT2D eigenvalue weighted by Crippen LogP contribution is 2.31. The number of hydrogen-bond donors (Lipinski definition) is 1. The van der Waals surface area contributed by atoms with Crippen LogP contribution in [0.25, 0.3) is 0 Å². The van der Waals surface area contributed by atoms with Crippen molar-refractivity contribution in [1.82, 2.24) is 4.90 Å². The molecule has 2 aromatic rings. The Kier molecular flexibility index (Phi) is 6.49. The van der Waals surface area contributed by atoms with E-state index in [1.165, 1.54) is 0 Å². The molecule has 2 aromatic carbocycles. The van der Waals surface area contributed by atoms with Crippen LogP contribution in [0.1, 0.15) is 28.9 Å². The molecule has 0 aliphatic carbocycles. The Morgan fingerprint density at radius 3 is 2.64 bits per heavy atom. The van der Waals surface area contributed by atoms with E-state index in [0.29, 0.717) is 43.4 Å². The van der Waals surface area contributed by atoms with Crippen LogP contribution < -0.4 is 9.47 Å². The number of carboxylic acid groups (broad SMARTS) is 1. The molecule has 1 N–H and O–H groups in total. The van der Waals surface area contributed by atoms with E-state index >= 15 is 0 Å². The highest BCUT2D eigenvalue weighted by molar-refractivity contribution is 5.95. The fraction of sp³-hybridized carbons (Fsp3) is 0.333. The van der Waals surface area contributed by atoms with Crippen LogP contribution in [0.4, 0.5) is 0 Å². The first-order valence-electron chi connectivity index (χ1n) is 9.15. The van der Waals surface area contributed by atoms with E-state index in [4.69, 9.17) is 19.3 Å². The van der Waals surface area contributed by atoms with Crippen LogP contribution in [0.2, 0.25) is 0 Å². The number of carboxylic acids is 1. The van der Waals surface area contributed by atoms with Crippen LogP contribution in [0, 0.1) is 0 Å². The number of nitrogens with zero attached hydrogens (tertiary/aromatic N) is 1. The van der Waals surface area contributed by atoms with Gasteiger partial charge in [0.05, 0.1) is 25.9 Å². The van der Waals surface area contributed by atoms with E-state index in [1.807, 2.05) is 37.3 Å². The van der Waals surface area contributed by atoms with Gasteiger partial charge in [-0.25, -0.2) is 4.79 Å². The maximum atomic E-state index is 13.2. The summed E-state index contributed by atoms with van der Waals surface area (Å²) in [5, 5.41) is 8.81. The zero-order chi connectivity index (χ0) is 19.9. The quantitative estimate of drug-likeness (QED) is 0.789. The van der Waals surface area contributed by atoms with Gasteiger partial charge in [0.25, 0.3) is 5.91 Å². The van der Waals surface area contributed by atoms with Gasteiger partial charge in [0.2, 0.25) is 0 Å². The number of carbonyl (C=O) groups is 2. The molecule has 0 bridgehead atoms. The van der Waals surface area contributed by atoms with E-state index in [2.05, 4.69) is 0 Å². The van der Waals surface area contributed by atoms with Gasteiger partial charge in [-0.05, 0) is 30.7 Å². The predicted molar refractivity (Wildman–Crippen MR) is 102 cm³/mol. The Hall–Kier alpha value is -3.06. The summed E-state index contributed by atoms with van der Waals surface area (Å²) in [6.45, 7) is 3.10. The molecule has 1 saturated heterocycles. The van der Waals surface area contributed by atoms with Crippen molar-refractivity contribution in [3.05, 3.63) is 59.7 Å². The Balaban J connectivity index is 1.85. The van der Waals surface area contributed by atoms with Gasteiger partial charge in [0, 0.05) is 12.1 Å². The Bertz CT molecular complexity index is 823. The van der Waals surface area contributed by atoms with Gasteiger partial charge < -0.3 is 24.2 Å². The number of rotatable bonds is 7. The first-order chi connectivity index (χ1) is 13.6. The standard InChI is InChI=1S/C21H23NO6/c1-2-27-19-12-16(8-9-18(19)28-14-20(23)24)21(25)22-10-11-26-13-17(22)15-6-4-3-5-7-15/h3-9,12,17H,2,10-11,13-14H2,1H3,(H,23,24). The van der Waals surface area contributed by atoms with Crippen LogP contribution in [-0.4, -0.2) is 54.9 Å². The van der Waals surface area contributed by atoms with Crippen LogP contribution in [0.15, 0.2) is 48.5 Å². The first kappa shape index (κ1) is 19.7. The van der Waals surface area contributed by atoms with E-state index in [9.17, 15) is 9.59 Å². The van der Waals surface area contributed by atoms with Gasteiger partial charge >= 0.3 is 5.97 Å². The average molecular weight is 385 g/mol. The predicted octanol–water partition coefficient (Wildman–Crippen LogP) is 2.76. The lowest BCUT2D eigenvalue weighted by Crippen LogP contribution is -2.43. The molecule has 148 valence electrons. The lowest BCUT2D eigenvalue weighted by molar-refractivity contribution is -0.139. The third kappa shape index (κ3) is 4.61. The van der Waals surface area contributed by atoms with Gasteiger partial charge in [0.1, 0.15) is 0 Å². The number of ether oxygens (including phenoxy) is 3. The summed E-state index contributed by atoms with van der Waals surface area (Å²) in [6, 6.07) is 14.4. The SMILES string of the molecule is CCOc1cc(C(=O)N2CCOCC2c2ccccc2)ccc1OCC(=O)O. The molecule has 0 saturated carbocycles. The first-order valence-corrected chi connectivity index (χ1v) is 9.15. The molecule has 3 rings (SSSR count). The summed E-state index contributed by atoms with van der Waals surface area (Å²) >= 11 is 0. The minimum atomic E-state index is -1.08. The van der Waals surface area contributed by atoms with Crippen LogP contribution >= 0.6 is 0 Å². The van der Waals surface area contributed by atoms with Crippen molar-refractivity contribution in [3.8, 4) is 11.5 Å². The van der Waals surface area contributed by atoms with Gasteiger partial charge in [-0.1, -0.05) is 30.3 Å². The summed E-state index contributed by atoms with van der Waals surface area (Å²) in [4.78, 5) is 25.7. The minimum absolute atomic E-state index is 0.136. The maximum Gasteiger partial charge on any atom is 0.341 e. The van der Waals surface area contributed by atoms with Crippen molar-refractivity contribution >= 4 is 11.9 Å². The lowest BCUT2D eigenvalue weighted by atomic mass is 10.0. The van der Waals surface area contributed by atoms with Crippen molar-refractivity contribution < 1.29 is 28.9 Å². The molecule has 7 heteroatoms. The third-order valence-electron chi connectivity index (χ3n) is 4.42. The molecule has 0 spiro atoms. The van der Waals surface area contributed by atoms with Crippen molar-refractivity contribution in [2.24, 2.45) is 0 Å². The Morgan fingerprint density at radius 2 is 1.93 bits per heavy atom. The molecule has 1 amide bonds. The van der Waals surface area contributed by atoms with Gasteiger partial charge in [0.15, 0.2) is 18.1 Å². The Morgan fingerprint density at radius 1 is 1.14 bits per heavy atom. The minimum Gasteiger partial charge on any atom is -0.490 e. The largest absolute Gasteiger partial charge is 0.490 e. The van der Waals surface area contributed by atoms with Gasteiger partial charge in [-0.3, -0.25) is 4.79 Å². The lowest BCUT2D eigenvalue weighted by Gasteiger charge is -2.36. The summed E-state index contributed by atoms with van der Waals surface area (Å²) in [5.74, 6) is -0.578. The van der Waals surface area contributed by atoms with Crippen molar-refractivity contribution in [2.75, 3.05) is 33.0 Å². The number of morpholine rings is 1. The summed E-state index contributed by atoms with van der Waals surface area (Å²) < 4.78 is 16.4. The van der Waals surface area contributed by atoms with Crippen molar-refractivity contribution in [1.29, 1.82) is 0 Å². The molecule has 28 heavy (non-hydrogen) atoms. The number of aliphatic carboxylic acids is 1. The van der Waals surface area contributed by atoms with E-state index in [0.717, 1.165) is 5.56 Å². The second kappa shape index (κ2) is 9.23. The maximum absolute atomic E-state index is 13.2. The molecular weight excluding hydrogens is 362 g/mol. The van der Waals surface area contributed by atoms with E-state index < -0.39 is 12.6 Å². The topological polar surface area (TPSA) is 85.3 Å². The monoisotopic (exact) mass is 385 g/mol. The normalized spacial score (nSPS) is 16.5. The fourth-order valence-electron chi connectivity index (χ4n) is 3.13. The molecule has 0 radical (unpaired) electrons. The van der Waals surface area contributed by atoms with Gasteiger partial charge in [-0.15, -0.1) is 0 Å². The molecular formula is C21H23NO6. The molecule has 1 heterocycles. The van der Waals surface area contributed by atoms with E-state index in [1.54, 1.807) is 23.1 Å². The zero-order valence-corrected chi connectivity index (χ0v) is 15.7. The second-order valence-corrected chi connectivity index (χ2v) is 6.28. The third-order valence-corrected chi connectivity index (χ3v) is 4.42. The van der Waals surface area contributed by atoms with Crippen LogP contribution in [-0.2, 0) is 9.53 Å². The summed E-state index contributed by atoms with van der Waals surface area (Å²) in [6.07, 6.45) is 0.